The van der Waals surface area contributed by atoms with Crippen molar-refractivity contribution in [3.8, 4) is 0 Å². The number of amides is 1. The number of anilines is 1. The number of carbonyl (C=O) groups is 1. The Kier molecular flexibility index (Phi) is 6.65. The van der Waals surface area contributed by atoms with Crippen LogP contribution >= 0.6 is 0 Å². The number of carbonyl (C=O) groups excluding carboxylic acids is 1. The van der Waals surface area contributed by atoms with E-state index in [4.69, 9.17) is 0 Å². The van der Waals surface area contributed by atoms with Crippen LogP contribution in [0.2, 0.25) is 0 Å². The molecule has 1 heterocycles. The molecule has 0 aliphatic heterocycles. The predicted molar refractivity (Wildman–Crippen MR) is 110 cm³/mol. The molecule has 0 aliphatic carbocycles. The number of aliphatic hydroxyl groups is 2. The Morgan fingerprint density at radius 3 is 2.38 bits per heavy atom. The zero-order valence-electron chi connectivity index (χ0n) is 16.9. The van der Waals surface area contributed by atoms with E-state index < -0.39 is 48.3 Å². The van der Waals surface area contributed by atoms with Crippen LogP contribution in [-0.4, -0.2) is 33.9 Å². The zero-order valence-corrected chi connectivity index (χ0v) is 16.9. The normalized spacial score (nSPS) is 11.9. The summed E-state index contributed by atoms with van der Waals surface area (Å²) in [4.78, 5) is 25.3. The molecule has 1 aromatic heterocycles. The second-order valence-electron chi connectivity index (χ2n) is 7.30. The van der Waals surface area contributed by atoms with Crippen LogP contribution in [-0.2, 0) is 17.4 Å². The van der Waals surface area contributed by atoms with Gasteiger partial charge < -0.3 is 20.1 Å². The van der Waals surface area contributed by atoms with Crippen LogP contribution in [0.25, 0.3) is 10.8 Å². The highest BCUT2D eigenvalue weighted by Gasteiger charge is 2.34. The van der Waals surface area contributed by atoms with Crippen LogP contribution in [0.15, 0.2) is 47.4 Å². The Bertz CT molecular complexity index is 1220. The van der Waals surface area contributed by atoms with E-state index in [1.165, 1.54) is 10.8 Å². The van der Waals surface area contributed by atoms with Crippen LogP contribution in [0.5, 0.6) is 0 Å². The highest BCUT2D eigenvalue weighted by molar-refractivity contribution is 6.03. The van der Waals surface area contributed by atoms with Gasteiger partial charge in [-0.25, -0.2) is 4.39 Å². The quantitative estimate of drug-likeness (QED) is 0.501. The Morgan fingerprint density at radius 1 is 1.09 bits per heavy atom. The van der Waals surface area contributed by atoms with Crippen molar-refractivity contribution in [2.75, 3.05) is 18.5 Å². The minimum absolute atomic E-state index is 0.0574. The molecule has 0 atom stereocenters. The number of aryl methyl sites for hydroxylation is 1. The SMILES string of the molecule is Cc1ccc2c(=O)n(C(CO)CO)ccc2c1NC(=O)Cc1ccc(C(F)(F)F)c(F)c1. The van der Waals surface area contributed by atoms with Gasteiger partial charge in [0.2, 0.25) is 5.91 Å². The van der Waals surface area contributed by atoms with E-state index in [0.29, 0.717) is 28.8 Å². The van der Waals surface area contributed by atoms with Gasteiger partial charge in [-0.15, -0.1) is 0 Å². The molecule has 0 aliphatic rings. The van der Waals surface area contributed by atoms with Gasteiger partial charge >= 0.3 is 6.18 Å². The minimum Gasteiger partial charge on any atom is -0.394 e. The van der Waals surface area contributed by atoms with Crippen molar-refractivity contribution in [1.29, 1.82) is 0 Å². The van der Waals surface area contributed by atoms with Crippen LogP contribution < -0.4 is 10.9 Å². The molecule has 1 amide bonds. The molecule has 0 bridgehead atoms. The maximum atomic E-state index is 13.8. The zero-order chi connectivity index (χ0) is 23.6. The van der Waals surface area contributed by atoms with Gasteiger partial charge in [-0.3, -0.25) is 9.59 Å². The fourth-order valence-corrected chi connectivity index (χ4v) is 3.40. The summed E-state index contributed by atoms with van der Waals surface area (Å²) >= 11 is 0. The molecule has 3 rings (SSSR count). The molecule has 0 unspecified atom stereocenters. The van der Waals surface area contributed by atoms with Crippen LogP contribution in [0, 0.1) is 12.7 Å². The van der Waals surface area contributed by atoms with E-state index in [-0.39, 0.29) is 17.4 Å². The van der Waals surface area contributed by atoms with Gasteiger partial charge in [0.05, 0.1) is 36.9 Å². The average Bonchev–Trinajstić information content (AvgIpc) is 2.71. The molecule has 10 heteroatoms. The molecule has 0 radical (unpaired) electrons. The number of rotatable bonds is 6. The number of nitrogens with one attached hydrogen (secondary N) is 1. The summed E-state index contributed by atoms with van der Waals surface area (Å²) in [6, 6.07) is 6.17. The minimum atomic E-state index is -4.83. The van der Waals surface area contributed by atoms with Gasteiger partial charge in [-0.1, -0.05) is 12.1 Å². The third-order valence-electron chi connectivity index (χ3n) is 5.10. The maximum absolute atomic E-state index is 13.8. The van der Waals surface area contributed by atoms with Gasteiger partial charge in [-0.05, 0) is 42.3 Å². The van der Waals surface area contributed by atoms with E-state index in [9.17, 15) is 37.4 Å². The van der Waals surface area contributed by atoms with Crippen LogP contribution in [0.1, 0.15) is 22.7 Å². The molecular formula is C22H20F4N2O4. The number of aliphatic hydroxyl groups excluding tert-OH is 2. The maximum Gasteiger partial charge on any atom is 0.419 e. The predicted octanol–water partition coefficient (Wildman–Crippen LogP) is 3.17. The standard InChI is InChI=1S/C22H20F4N2O4/c1-12-2-4-16-15(6-7-28(21(16)32)14(10-29)11-30)20(12)27-19(31)9-13-3-5-17(18(23)8-13)22(24,25)26/h2-8,14,29-30H,9-11H2,1H3,(H,27,31). The average molecular weight is 452 g/mol. The first kappa shape index (κ1) is 23.4. The molecule has 170 valence electrons. The van der Waals surface area contributed by atoms with Crippen LogP contribution in [0.3, 0.4) is 0 Å². The van der Waals surface area contributed by atoms with E-state index in [1.807, 2.05) is 0 Å². The smallest absolute Gasteiger partial charge is 0.394 e. The van der Waals surface area contributed by atoms with Crippen molar-refractivity contribution in [2.45, 2.75) is 25.6 Å². The number of halogens is 4. The molecule has 0 spiro atoms. The number of hydrogen-bond donors (Lipinski definition) is 3. The number of hydrogen-bond acceptors (Lipinski definition) is 4. The van der Waals surface area contributed by atoms with Crippen molar-refractivity contribution in [3.63, 3.8) is 0 Å². The Labute approximate surface area is 179 Å². The molecule has 2 aromatic carbocycles. The fourth-order valence-electron chi connectivity index (χ4n) is 3.40. The van der Waals surface area contributed by atoms with E-state index in [1.54, 1.807) is 25.1 Å². The third kappa shape index (κ3) is 4.66. The summed E-state index contributed by atoms with van der Waals surface area (Å²) in [5, 5.41) is 22.0. The summed E-state index contributed by atoms with van der Waals surface area (Å²) in [7, 11) is 0. The lowest BCUT2D eigenvalue weighted by atomic mass is 10.0. The molecule has 32 heavy (non-hydrogen) atoms. The largest absolute Gasteiger partial charge is 0.419 e. The Balaban J connectivity index is 1.91. The first-order chi connectivity index (χ1) is 15.1. The molecule has 3 aromatic rings. The number of fused-ring (bicyclic) bond motifs is 1. The first-order valence-corrected chi connectivity index (χ1v) is 9.58. The summed E-state index contributed by atoms with van der Waals surface area (Å²) in [6.45, 7) is 0.810. The summed E-state index contributed by atoms with van der Waals surface area (Å²) in [5.41, 5.74) is -0.874. The summed E-state index contributed by atoms with van der Waals surface area (Å²) in [6.07, 6.45) is -3.82. The topological polar surface area (TPSA) is 91.6 Å². The van der Waals surface area contributed by atoms with E-state index in [0.717, 1.165) is 6.07 Å². The molecule has 0 saturated carbocycles. The first-order valence-electron chi connectivity index (χ1n) is 9.58. The number of pyridine rings is 1. The third-order valence-corrected chi connectivity index (χ3v) is 5.10. The Hall–Kier alpha value is -3.24. The lowest BCUT2D eigenvalue weighted by Crippen LogP contribution is -2.29. The van der Waals surface area contributed by atoms with Gasteiger partial charge in [0, 0.05) is 17.0 Å². The number of benzene rings is 2. The van der Waals surface area contributed by atoms with E-state index >= 15 is 0 Å². The molecular weight excluding hydrogens is 432 g/mol. The van der Waals surface area contributed by atoms with Gasteiger partial charge in [0.1, 0.15) is 5.82 Å². The molecule has 0 fully saturated rings. The number of aromatic nitrogens is 1. The molecule has 6 nitrogen and oxygen atoms in total. The Morgan fingerprint density at radius 2 is 1.78 bits per heavy atom. The highest BCUT2D eigenvalue weighted by atomic mass is 19.4. The van der Waals surface area contributed by atoms with Crippen molar-refractivity contribution >= 4 is 22.4 Å². The number of nitrogens with zero attached hydrogens (tertiary/aromatic N) is 1. The lowest BCUT2D eigenvalue weighted by Gasteiger charge is -2.17. The van der Waals surface area contributed by atoms with Crippen molar-refractivity contribution in [3.05, 3.63) is 75.5 Å². The van der Waals surface area contributed by atoms with Gasteiger partial charge in [0.15, 0.2) is 0 Å². The second-order valence-corrected chi connectivity index (χ2v) is 7.30. The number of alkyl halides is 3. The van der Waals surface area contributed by atoms with Gasteiger partial charge in [0.25, 0.3) is 5.56 Å². The van der Waals surface area contributed by atoms with E-state index in [2.05, 4.69) is 5.32 Å². The second kappa shape index (κ2) is 9.09. The lowest BCUT2D eigenvalue weighted by molar-refractivity contribution is -0.140. The van der Waals surface area contributed by atoms with Crippen molar-refractivity contribution in [1.82, 2.24) is 4.57 Å². The highest BCUT2D eigenvalue weighted by Crippen LogP contribution is 2.32. The summed E-state index contributed by atoms with van der Waals surface area (Å²) < 4.78 is 53.1. The fraction of sp³-hybridized carbons (Fsp3) is 0.273. The molecule has 3 N–H and O–H groups in total. The van der Waals surface area contributed by atoms with Crippen LogP contribution in [0.4, 0.5) is 23.2 Å². The molecule has 0 saturated heterocycles. The van der Waals surface area contributed by atoms with Crippen molar-refractivity contribution < 1.29 is 32.6 Å². The monoisotopic (exact) mass is 452 g/mol. The van der Waals surface area contributed by atoms with Gasteiger partial charge in [-0.2, -0.15) is 13.2 Å². The van der Waals surface area contributed by atoms with Crippen molar-refractivity contribution in [2.24, 2.45) is 0 Å². The summed E-state index contributed by atoms with van der Waals surface area (Å²) in [5.74, 6) is -2.07.